The fourth-order valence-electron chi connectivity index (χ4n) is 1.65. The maximum atomic E-state index is 13.6. The molecule has 0 radical (unpaired) electrons. The molecule has 0 heterocycles. The SMILES string of the molecule is COC(=O)c1ccc(N)c(Nc2ccc(F)cc2F)c1. The van der Waals surface area contributed by atoms with Gasteiger partial charge in [-0.3, -0.25) is 0 Å². The van der Waals surface area contributed by atoms with E-state index in [0.717, 1.165) is 12.1 Å². The zero-order valence-corrected chi connectivity index (χ0v) is 10.6. The van der Waals surface area contributed by atoms with Crippen LogP contribution in [0.2, 0.25) is 0 Å². The van der Waals surface area contributed by atoms with Crippen molar-refractivity contribution in [3.63, 3.8) is 0 Å². The Bertz CT molecular complexity index is 660. The van der Waals surface area contributed by atoms with Crippen LogP contribution in [0.15, 0.2) is 36.4 Å². The summed E-state index contributed by atoms with van der Waals surface area (Å²) in [7, 11) is 1.26. The second-order valence-electron chi connectivity index (χ2n) is 4.04. The number of esters is 1. The largest absolute Gasteiger partial charge is 0.465 e. The van der Waals surface area contributed by atoms with Crippen molar-refractivity contribution in [2.24, 2.45) is 0 Å². The normalized spacial score (nSPS) is 10.2. The van der Waals surface area contributed by atoms with Gasteiger partial charge >= 0.3 is 5.97 Å². The molecule has 20 heavy (non-hydrogen) atoms. The third-order valence-corrected chi connectivity index (χ3v) is 2.67. The van der Waals surface area contributed by atoms with Crippen molar-refractivity contribution in [2.45, 2.75) is 0 Å². The number of benzene rings is 2. The molecular formula is C14H12F2N2O2. The molecule has 2 aromatic carbocycles. The molecule has 6 heteroatoms. The van der Waals surface area contributed by atoms with Crippen LogP contribution in [0.4, 0.5) is 25.8 Å². The van der Waals surface area contributed by atoms with Crippen molar-refractivity contribution in [1.29, 1.82) is 0 Å². The van der Waals surface area contributed by atoms with Crippen LogP contribution in [0.1, 0.15) is 10.4 Å². The van der Waals surface area contributed by atoms with Crippen LogP contribution in [0.3, 0.4) is 0 Å². The number of carbonyl (C=O) groups is 1. The van der Waals surface area contributed by atoms with Gasteiger partial charge in [0.05, 0.1) is 29.7 Å². The van der Waals surface area contributed by atoms with Crippen LogP contribution in [0.5, 0.6) is 0 Å². The van der Waals surface area contributed by atoms with Crippen LogP contribution in [0.25, 0.3) is 0 Å². The highest BCUT2D eigenvalue weighted by Crippen LogP contribution is 2.26. The molecule has 4 nitrogen and oxygen atoms in total. The minimum Gasteiger partial charge on any atom is -0.465 e. The molecule has 0 atom stereocenters. The van der Waals surface area contributed by atoms with Gasteiger partial charge in [0, 0.05) is 6.07 Å². The minimum atomic E-state index is -0.757. The number of rotatable bonds is 3. The van der Waals surface area contributed by atoms with Crippen LogP contribution in [0, 0.1) is 11.6 Å². The summed E-state index contributed by atoms with van der Waals surface area (Å²) in [5, 5.41) is 2.71. The lowest BCUT2D eigenvalue weighted by Crippen LogP contribution is -2.04. The maximum Gasteiger partial charge on any atom is 0.337 e. The highest BCUT2D eigenvalue weighted by atomic mass is 19.1. The van der Waals surface area contributed by atoms with E-state index < -0.39 is 17.6 Å². The highest BCUT2D eigenvalue weighted by Gasteiger charge is 2.10. The zero-order chi connectivity index (χ0) is 14.7. The third kappa shape index (κ3) is 2.85. The molecule has 0 aliphatic rings. The molecule has 0 bridgehead atoms. The first-order valence-electron chi connectivity index (χ1n) is 5.71. The van der Waals surface area contributed by atoms with E-state index in [4.69, 9.17) is 5.73 Å². The number of halogens is 2. The summed E-state index contributed by atoms with van der Waals surface area (Å²) in [5.74, 6) is -1.97. The Morgan fingerprint density at radius 1 is 1.15 bits per heavy atom. The molecule has 0 fully saturated rings. The number of nitrogens with one attached hydrogen (secondary N) is 1. The van der Waals surface area contributed by atoms with E-state index in [9.17, 15) is 13.6 Å². The number of carbonyl (C=O) groups excluding carboxylic acids is 1. The predicted octanol–water partition coefficient (Wildman–Crippen LogP) is 3.08. The number of nitrogen functional groups attached to an aromatic ring is 1. The summed E-state index contributed by atoms with van der Waals surface area (Å²) in [4.78, 5) is 11.4. The Morgan fingerprint density at radius 2 is 1.90 bits per heavy atom. The van der Waals surface area contributed by atoms with E-state index >= 15 is 0 Å². The summed E-state index contributed by atoms with van der Waals surface area (Å²) in [6, 6.07) is 7.54. The van der Waals surface area contributed by atoms with Gasteiger partial charge < -0.3 is 15.8 Å². The smallest absolute Gasteiger partial charge is 0.337 e. The lowest BCUT2D eigenvalue weighted by Gasteiger charge is -2.11. The number of anilines is 3. The lowest BCUT2D eigenvalue weighted by molar-refractivity contribution is 0.0601. The number of ether oxygens (including phenoxy) is 1. The van der Waals surface area contributed by atoms with E-state index in [2.05, 4.69) is 10.1 Å². The Kier molecular flexibility index (Phi) is 3.84. The van der Waals surface area contributed by atoms with Gasteiger partial charge in [-0.25, -0.2) is 13.6 Å². The number of methoxy groups -OCH3 is 1. The van der Waals surface area contributed by atoms with Gasteiger partial charge in [0.2, 0.25) is 0 Å². The van der Waals surface area contributed by atoms with Crippen LogP contribution in [-0.2, 0) is 4.74 Å². The molecule has 0 amide bonds. The molecule has 104 valence electrons. The van der Waals surface area contributed by atoms with Gasteiger partial charge in [-0.15, -0.1) is 0 Å². The van der Waals surface area contributed by atoms with Crippen molar-refractivity contribution < 1.29 is 18.3 Å². The fourth-order valence-corrected chi connectivity index (χ4v) is 1.65. The first kappa shape index (κ1) is 13.8. The zero-order valence-electron chi connectivity index (χ0n) is 10.6. The summed E-state index contributed by atoms with van der Waals surface area (Å²) >= 11 is 0. The van der Waals surface area contributed by atoms with Gasteiger partial charge in [0.1, 0.15) is 11.6 Å². The first-order chi connectivity index (χ1) is 9.51. The average molecular weight is 278 g/mol. The summed E-state index contributed by atoms with van der Waals surface area (Å²) in [6.07, 6.45) is 0. The van der Waals surface area contributed by atoms with Gasteiger partial charge in [-0.2, -0.15) is 0 Å². The van der Waals surface area contributed by atoms with Gasteiger partial charge in [0.15, 0.2) is 0 Å². The number of nitrogens with two attached hydrogens (primary N) is 1. The Labute approximate surface area is 114 Å². The quantitative estimate of drug-likeness (QED) is 0.669. The molecule has 0 unspecified atom stereocenters. The van der Waals surface area contributed by atoms with Gasteiger partial charge in [0.25, 0.3) is 0 Å². The molecular weight excluding hydrogens is 266 g/mol. The monoisotopic (exact) mass is 278 g/mol. The lowest BCUT2D eigenvalue weighted by atomic mass is 10.1. The molecule has 0 spiro atoms. The van der Waals surface area contributed by atoms with E-state index in [1.54, 1.807) is 0 Å². The Morgan fingerprint density at radius 3 is 2.55 bits per heavy atom. The van der Waals surface area contributed by atoms with Crippen LogP contribution >= 0.6 is 0 Å². The van der Waals surface area contributed by atoms with E-state index in [1.807, 2.05) is 0 Å². The predicted molar refractivity (Wildman–Crippen MR) is 71.8 cm³/mol. The van der Waals surface area contributed by atoms with E-state index in [1.165, 1.54) is 31.4 Å². The average Bonchev–Trinajstić information content (AvgIpc) is 2.43. The van der Waals surface area contributed by atoms with Gasteiger partial charge in [-0.1, -0.05) is 0 Å². The highest BCUT2D eigenvalue weighted by molar-refractivity contribution is 5.92. The fraction of sp³-hybridized carbons (Fsp3) is 0.0714. The molecule has 0 aliphatic heterocycles. The summed E-state index contributed by atoms with van der Waals surface area (Å²) in [5.41, 5.74) is 6.73. The molecule has 0 saturated carbocycles. The maximum absolute atomic E-state index is 13.6. The second-order valence-corrected chi connectivity index (χ2v) is 4.04. The molecule has 2 rings (SSSR count). The Hall–Kier alpha value is -2.63. The molecule has 2 aromatic rings. The number of hydrogen-bond acceptors (Lipinski definition) is 4. The molecule has 0 saturated heterocycles. The second kappa shape index (κ2) is 5.56. The summed E-state index contributed by atoms with van der Waals surface area (Å²) < 4.78 is 31.0. The van der Waals surface area contributed by atoms with Crippen molar-refractivity contribution >= 4 is 23.0 Å². The first-order valence-corrected chi connectivity index (χ1v) is 5.71. The van der Waals surface area contributed by atoms with Crippen molar-refractivity contribution in [3.05, 3.63) is 53.6 Å². The van der Waals surface area contributed by atoms with Crippen molar-refractivity contribution in [3.8, 4) is 0 Å². The van der Waals surface area contributed by atoms with Gasteiger partial charge in [-0.05, 0) is 30.3 Å². The Balaban J connectivity index is 2.35. The van der Waals surface area contributed by atoms with Crippen LogP contribution < -0.4 is 11.1 Å². The van der Waals surface area contributed by atoms with E-state index in [-0.39, 0.29) is 11.3 Å². The van der Waals surface area contributed by atoms with Crippen molar-refractivity contribution in [1.82, 2.24) is 0 Å². The number of hydrogen-bond donors (Lipinski definition) is 2. The minimum absolute atomic E-state index is 0.0557. The van der Waals surface area contributed by atoms with E-state index in [0.29, 0.717) is 11.4 Å². The third-order valence-electron chi connectivity index (χ3n) is 2.67. The summed E-state index contributed by atoms with van der Waals surface area (Å²) in [6.45, 7) is 0. The standard InChI is InChI=1S/C14H12F2N2O2/c1-20-14(19)8-2-4-11(17)13(6-8)18-12-5-3-9(15)7-10(12)16/h2-7,18H,17H2,1H3. The topological polar surface area (TPSA) is 64.3 Å². The van der Waals surface area contributed by atoms with Crippen molar-refractivity contribution in [2.75, 3.05) is 18.2 Å². The molecule has 0 aliphatic carbocycles. The molecule has 3 N–H and O–H groups in total. The van der Waals surface area contributed by atoms with Crippen LogP contribution in [-0.4, -0.2) is 13.1 Å². The molecule has 0 aromatic heterocycles.